The van der Waals surface area contributed by atoms with Crippen LogP contribution in [0.25, 0.3) is 0 Å². The van der Waals surface area contributed by atoms with Gasteiger partial charge in [0.2, 0.25) is 0 Å². The number of benzene rings is 1. The minimum Gasteiger partial charge on any atom is -0.334 e. The molecule has 25 heavy (non-hydrogen) atoms. The summed E-state index contributed by atoms with van der Waals surface area (Å²) in [6.45, 7) is 4.96. The number of carbonyl (C=O) groups excluding carboxylic acids is 1. The molecule has 1 saturated heterocycles. The Morgan fingerprint density at radius 2 is 1.92 bits per heavy atom. The Labute approximate surface area is 148 Å². The zero-order valence-electron chi connectivity index (χ0n) is 14.6. The third-order valence-electron chi connectivity index (χ3n) is 4.66. The zero-order valence-corrected chi connectivity index (χ0v) is 14.6. The Morgan fingerprint density at radius 3 is 2.64 bits per heavy atom. The summed E-state index contributed by atoms with van der Waals surface area (Å²) in [5.41, 5.74) is 2.12. The molecule has 1 atom stereocenters. The third-order valence-corrected chi connectivity index (χ3v) is 4.66. The highest BCUT2D eigenvalue weighted by atomic mass is 16.2. The average molecular weight is 339 g/mol. The first kappa shape index (κ1) is 17.3. The number of hydrogen-bond acceptors (Lipinski definition) is 2. The predicted molar refractivity (Wildman–Crippen MR) is 98.5 cm³/mol. The van der Waals surface area contributed by atoms with E-state index in [1.165, 1.54) is 6.42 Å². The first-order valence-corrected chi connectivity index (χ1v) is 8.88. The van der Waals surface area contributed by atoms with Gasteiger partial charge in [-0.05, 0) is 36.0 Å². The highest BCUT2D eigenvalue weighted by Gasteiger charge is 2.20. The number of urea groups is 1. The molecular formula is C20H25N3O2. The molecule has 2 heterocycles. The van der Waals surface area contributed by atoms with E-state index in [0.29, 0.717) is 19.0 Å². The van der Waals surface area contributed by atoms with Crippen molar-refractivity contribution in [2.75, 3.05) is 13.1 Å². The van der Waals surface area contributed by atoms with Crippen molar-refractivity contribution < 1.29 is 4.79 Å². The fraction of sp³-hybridized carbons (Fsp3) is 0.400. The van der Waals surface area contributed by atoms with Gasteiger partial charge in [0, 0.05) is 31.9 Å². The van der Waals surface area contributed by atoms with Crippen molar-refractivity contribution in [3.63, 3.8) is 0 Å². The molecule has 1 unspecified atom stereocenters. The number of aromatic nitrogens is 1. The molecule has 0 spiro atoms. The molecule has 1 aliphatic rings. The molecule has 5 nitrogen and oxygen atoms in total. The third kappa shape index (κ3) is 4.72. The van der Waals surface area contributed by atoms with Crippen molar-refractivity contribution in [3.8, 4) is 0 Å². The molecule has 2 amide bonds. The number of nitrogens with zero attached hydrogens (tertiary/aromatic N) is 2. The van der Waals surface area contributed by atoms with Crippen molar-refractivity contribution in [3.05, 3.63) is 70.1 Å². The van der Waals surface area contributed by atoms with Crippen molar-refractivity contribution in [1.82, 2.24) is 14.8 Å². The van der Waals surface area contributed by atoms with Gasteiger partial charge in [-0.25, -0.2) is 4.79 Å². The van der Waals surface area contributed by atoms with Crippen molar-refractivity contribution in [1.29, 1.82) is 0 Å². The number of hydrogen-bond donors (Lipinski definition) is 1. The lowest BCUT2D eigenvalue weighted by atomic mass is 10.0. The molecule has 1 fully saturated rings. The second-order valence-corrected chi connectivity index (χ2v) is 6.84. The number of nitrogens with one attached hydrogen (secondary N) is 1. The molecule has 0 aliphatic carbocycles. The summed E-state index contributed by atoms with van der Waals surface area (Å²) in [5.74, 6) is 0.583. The van der Waals surface area contributed by atoms with Gasteiger partial charge in [0.1, 0.15) is 0 Å². The van der Waals surface area contributed by atoms with Gasteiger partial charge in [-0.1, -0.05) is 37.3 Å². The monoisotopic (exact) mass is 339 g/mol. The highest BCUT2D eigenvalue weighted by molar-refractivity contribution is 5.74. The maximum Gasteiger partial charge on any atom is 0.317 e. The minimum absolute atomic E-state index is 0.00500. The van der Waals surface area contributed by atoms with Crippen LogP contribution < -0.4 is 10.9 Å². The molecule has 0 saturated carbocycles. The van der Waals surface area contributed by atoms with Gasteiger partial charge in [0.25, 0.3) is 5.56 Å². The van der Waals surface area contributed by atoms with E-state index < -0.39 is 0 Å². The summed E-state index contributed by atoms with van der Waals surface area (Å²) in [6, 6.07) is 13.2. The quantitative estimate of drug-likeness (QED) is 0.931. The van der Waals surface area contributed by atoms with Gasteiger partial charge in [0.15, 0.2) is 0 Å². The van der Waals surface area contributed by atoms with E-state index in [4.69, 9.17) is 0 Å². The lowest BCUT2D eigenvalue weighted by Gasteiger charge is -2.30. The fourth-order valence-corrected chi connectivity index (χ4v) is 3.21. The second kappa shape index (κ2) is 8.01. The van der Waals surface area contributed by atoms with Gasteiger partial charge < -0.3 is 14.8 Å². The van der Waals surface area contributed by atoms with Crippen LogP contribution in [0.3, 0.4) is 0 Å². The number of likely N-dealkylation sites (tertiary alicyclic amines) is 1. The molecule has 1 aromatic heterocycles. The molecule has 3 rings (SSSR count). The largest absolute Gasteiger partial charge is 0.334 e. The Bertz CT molecular complexity index is 767. The molecule has 132 valence electrons. The topological polar surface area (TPSA) is 54.3 Å². The van der Waals surface area contributed by atoms with Crippen LogP contribution in [-0.2, 0) is 13.1 Å². The number of pyridine rings is 1. The number of rotatable bonds is 4. The second-order valence-electron chi connectivity index (χ2n) is 6.84. The van der Waals surface area contributed by atoms with E-state index >= 15 is 0 Å². The maximum atomic E-state index is 12.2. The van der Waals surface area contributed by atoms with Crippen LogP contribution >= 0.6 is 0 Å². The summed E-state index contributed by atoms with van der Waals surface area (Å²) < 4.78 is 1.67. The highest BCUT2D eigenvalue weighted by Crippen LogP contribution is 2.15. The molecule has 0 radical (unpaired) electrons. The first-order valence-electron chi connectivity index (χ1n) is 8.88. The Balaban J connectivity index is 1.53. The summed E-state index contributed by atoms with van der Waals surface area (Å²) in [4.78, 5) is 25.9. The van der Waals surface area contributed by atoms with Gasteiger partial charge in [-0.2, -0.15) is 0 Å². The van der Waals surface area contributed by atoms with E-state index in [0.717, 1.165) is 30.6 Å². The molecule has 1 aromatic carbocycles. The standard InChI is InChI=1S/C20H25N3O2/c1-16-5-4-12-23(14-16)20(25)21-13-17-7-9-18(10-8-17)15-22-11-3-2-6-19(22)24/h2-3,6-11,16H,4-5,12-15H2,1H3,(H,21,25). The Hall–Kier alpha value is -2.56. The smallest absolute Gasteiger partial charge is 0.317 e. The molecule has 5 heteroatoms. The van der Waals surface area contributed by atoms with Gasteiger partial charge in [-0.15, -0.1) is 0 Å². The van der Waals surface area contributed by atoms with Crippen LogP contribution in [0.15, 0.2) is 53.5 Å². The van der Waals surface area contributed by atoms with Crippen molar-refractivity contribution in [2.24, 2.45) is 5.92 Å². The predicted octanol–water partition coefficient (Wildman–Crippen LogP) is 2.84. The van der Waals surface area contributed by atoms with Crippen LogP contribution in [0.5, 0.6) is 0 Å². The van der Waals surface area contributed by atoms with E-state index in [2.05, 4.69) is 12.2 Å². The zero-order chi connectivity index (χ0) is 17.6. The summed E-state index contributed by atoms with van der Waals surface area (Å²) >= 11 is 0. The maximum absolute atomic E-state index is 12.2. The SMILES string of the molecule is CC1CCCN(C(=O)NCc2ccc(Cn3ccccc3=O)cc2)C1. The van der Waals surface area contributed by atoms with Crippen LogP contribution in [0, 0.1) is 5.92 Å². The van der Waals surface area contributed by atoms with Crippen LogP contribution in [-0.4, -0.2) is 28.6 Å². The lowest BCUT2D eigenvalue weighted by Crippen LogP contribution is -2.44. The number of carbonyl (C=O) groups is 1. The normalized spacial score (nSPS) is 17.3. The fourth-order valence-electron chi connectivity index (χ4n) is 3.21. The van der Waals surface area contributed by atoms with E-state index in [1.807, 2.05) is 35.2 Å². The van der Waals surface area contributed by atoms with E-state index in [9.17, 15) is 9.59 Å². The Morgan fingerprint density at radius 1 is 1.16 bits per heavy atom. The van der Waals surface area contributed by atoms with Gasteiger partial charge in [0.05, 0.1) is 6.54 Å². The van der Waals surface area contributed by atoms with Crippen LogP contribution in [0.4, 0.5) is 4.79 Å². The molecule has 2 aromatic rings. The molecule has 0 bridgehead atoms. The number of amides is 2. The van der Waals surface area contributed by atoms with E-state index in [-0.39, 0.29) is 11.6 Å². The molecular weight excluding hydrogens is 314 g/mol. The first-order chi connectivity index (χ1) is 12.1. The minimum atomic E-state index is -0.00500. The van der Waals surface area contributed by atoms with Gasteiger partial charge >= 0.3 is 6.03 Å². The van der Waals surface area contributed by atoms with Crippen molar-refractivity contribution in [2.45, 2.75) is 32.9 Å². The molecule has 1 aliphatic heterocycles. The summed E-state index contributed by atoms with van der Waals surface area (Å²) in [6.07, 6.45) is 4.08. The van der Waals surface area contributed by atoms with E-state index in [1.54, 1.807) is 22.9 Å². The summed E-state index contributed by atoms with van der Waals surface area (Å²) in [5, 5.41) is 3.00. The van der Waals surface area contributed by atoms with Crippen molar-refractivity contribution >= 4 is 6.03 Å². The average Bonchev–Trinajstić information content (AvgIpc) is 2.63. The lowest BCUT2D eigenvalue weighted by molar-refractivity contribution is 0.169. The van der Waals surface area contributed by atoms with Gasteiger partial charge in [-0.3, -0.25) is 4.79 Å². The van der Waals surface area contributed by atoms with Crippen LogP contribution in [0.1, 0.15) is 30.9 Å². The molecule has 1 N–H and O–H groups in total. The Kier molecular flexibility index (Phi) is 5.53. The summed E-state index contributed by atoms with van der Waals surface area (Å²) in [7, 11) is 0. The van der Waals surface area contributed by atoms with Crippen LogP contribution in [0.2, 0.25) is 0 Å². The number of piperidine rings is 1.